The van der Waals surface area contributed by atoms with E-state index in [1.165, 1.54) is 6.92 Å². The predicted octanol–water partition coefficient (Wildman–Crippen LogP) is -0.905. The SMILES string of the molecule is C[C@H]1OC(C(=O)O)=C[C@@H](O)C1O. The predicted molar refractivity (Wildman–Crippen MR) is 38.3 cm³/mol. The first-order valence-electron chi connectivity index (χ1n) is 3.50. The van der Waals surface area contributed by atoms with Crippen molar-refractivity contribution in [1.82, 2.24) is 0 Å². The van der Waals surface area contributed by atoms with Gasteiger partial charge < -0.3 is 20.1 Å². The number of carboxylic acids is 1. The van der Waals surface area contributed by atoms with Crippen LogP contribution in [0.15, 0.2) is 11.8 Å². The lowest BCUT2D eigenvalue weighted by Crippen LogP contribution is -2.40. The van der Waals surface area contributed by atoms with Crippen LogP contribution in [0.5, 0.6) is 0 Å². The summed E-state index contributed by atoms with van der Waals surface area (Å²) in [6.45, 7) is 1.49. The molecule has 0 aromatic heterocycles. The number of aliphatic hydroxyl groups is 2. The Bertz CT molecular complexity index is 222. The smallest absolute Gasteiger partial charge is 0.370 e. The summed E-state index contributed by atoms with van der Waals surface area (Å²) in [4.78, 5) is 10.4. The third-order valence-corrected chi connectivity index (χ3v) is 1.68. The van der Waals surface area contributed by atoms with Crippen LogP contribution < -0.4 is 0 Å². The van der Waals surface area contributed by atoms with Gasteiger partial charge in [0.1, 0.15) is 18.3 Å². The van der Waals surface area contributed by atoms with E-state index >= 15 is 0 Å². The molecule has 5 heteroatoms. The van der Waals surface area contributed by atoms with Crippen molar-refractivity contribution in [2.24, 2.45) is 0 Å². The lowest BCUT2D eigenvalue weighted by Gasteiger charge is -2.27. The third kappa shape index (κ3) is 1.57. The maximum atomic E-state index is 10.4. The van der Waals surface area contributed by atoms with Gasteiger partial charge in [-0.05, 0) is 13.0 Å². The molecule has 0 saturated heterocycles. The number of hydrogen-bond acceptors (Lipinski definition) is 4. The summed E-state index contributed by atoms with van der Waals surface area (Å²) in [5.74, 6) is -1.56. The fraction of sp³-hybridized carbons (Fsp3) is 0.571. The molecule has 0 radical (unpaired) electrons. The van der Waals surface area contributed by atoms with Crippen molar-refractivity contribution in [1.29, 1.82) is 0 Å². The minimum Gasteiger partial charge on any atom is -0.481 e. The van der Waals surface area contributed by atoms with Crippen molar-refractivity contribution < 1.29 is 24.9 Å². The molecule has 1 rings (SSSR count). The second kappa shape index (κ2) is 3.12. The van der Waals surface area contributed by atoms with Gasteiger partial charge in [-0.15, -0.1) is 0 Å². The molecular formula is C7H10O5. The molecule has 1 unspecified atom stereocenters. The Labute approximate surface area is 68.9 Å². The van der Waals surface area contributed by atoms with Gasteiger partial charge in [-0.2, -0.15) is 0 Å². The number of carboxylic acid groups (broad SMARTS) is 1. The molecule has 3 atom stereocenters. The molecule has 0 aromatic carbocycles. The van der Waals surface area contributed by atoms with E-state index in [-0.39, 0.29) is 5.76 Å². The van der Waals surface area contributed by atoms with Crippen molar-refractivity contribution in [2.75, 3.05) is 0 Å². The standard InChI is InChI=1S/C7H10O5/c1-3-6(9)4(8)2-5(12-3)7(10)11/h2-4,6,8-9H,1H3,(H,10,11)/t3-,4-,6?/m1/s1. The van der Waals surface area contributed by atoms with Gasteiger partial charge in [0.15, 0.2) is 0 Å². The molecule has 0 spiro atoms. The number of hydrogen-bond donors (Lipinski definition) is 3. The van der Waals surface area contributed by atoms with Gasteiger partial charge in [0.05, 0.1) is 0 Å². The van der Waals surface area contributed by atoms with Crippen molar-refractivity contribution in [3.63, 3.8) is 0 Å². The number of aliphatic hydroxyl groups excluding tert-OH is 2. The van der Waals surface area contributed by atoms with Gasteiger partial charge in [0.25, 0.3) is 0 Å². The number of ether oxygens (including phenoxy) is 1. The summed E-state index contributed by atoms with van der Waals surface area (Å²) in [7, 11) is 0. The third-order valence-electron chi connectivity index (χ3n) is 1.68. The van der Waals surface area contributed by atoms with Crippen LogP contribution in [0.1, 0.15) is 6.92 Å². The quantitative estimate of drug-likeness (QED) is 0.479. The molecule has 0 saturated carbocycles. The van der Waals surface area contributed by atoms with E-state index < -0.39 is 24.3 Å². The van der Waals surface area contributed by atoms with E-state index in [0.29, 0.717) is 0 Å². The van der Waals surface area contributed by atoms with E-state index in [0.717, 1.165) is 6.08 Å². The fourth-order valence-corrected chi connectivity index (χ4v) is 0.962. The molecule has 1 heterocycles. The monoisotopic (exact) mass is 174 g/mol. The highest BCUT2D eigenvalue weighted by atomic mass is 16.5. The van der Waals surface area contributed by atoms with Gasteiger partial charge in [0.2, 0.25) is 5.76 Å². The van der Waals surface area contributed by atoms with Crippen LogP contribution in [0.25, 0.3) is 0 Å². The largest absolute Gasteiger partial charge is 0.481 e. The highest BCUT2D eigenvalue weighted by Crippen LogP contribution is 2.17. The summed E-state index contributed by atoms with van der Waals surface area (Å²) < 4.78 is 4.78. The van der Waals surface area contributed by atoms with Crippen LogP contribution in [-0.2, 0) is 9.53 Å². The van der Waals surface area contributed by atoms with Crippen LogP contribution >= 0.6 is 0 Å². The van der Waals surface area contributed by atoms with Crippen LogP contribution in [0.4, 0.5) is 0 Å². The Morgan fingerprint density at radius 3 is 2.58 bits per heavy atom. The van der Waals surface area contributed by atoms with Crippen LogP contribution in [-0.4, -0.2) is 39.6 Å². The highest BCUT2D eigenvalue weighted by molar-refractivity contribution is 5.84. The average molecular weight is 174 g/mol. The number of aliphatic carboxylic acids is 1. The van der Waals surface area contributed by atoms with Gasteiger partial charge in [-0.3, -0.25) is 0 Å². The zero-order valence-corrected chi connectivity index (χ0v) is 6.47. The molecule has 68 valence electrons. The Hall–Kier alpha value is -1.07. The number of carbonyl (C=O) groups is 1. The zero-order chi connectivity index (χ0) is 9.30. The molecule has 0 fully saturated rings. The molecule has 0 aromatic rings. The maximum absolute atomic E-state index is 10.4. The highest BCUT2D eigenvalue weighted by Gasteiger charge is 2.31. The van der Waals surface area contributed by atoms with Gasteiger partial charge in [-0.25, -0.2) is 4.79 Å². The Kier molecular flexibility index (Phi) is 2.35. The fourth-order valence-electron chi connectivity index (χ4n) is 0.962. The molecule has 0 aliphatic carbocycles. The van der Waals surface area contributed by atoms with E-state index in [9.17, 15) is 4.79 Å². The topological polar surface area (TPSA) is 87.0 Å². The summed E-state index contributed by atoms with van der Waals surface area (Å²) in [6.07, 6.45) is -1.95. The molecule has 3 N–H and O–H groups in total. The molecule has 0 amide bonds. The maximum Gasteiger partial charge on any atom is 0.370 e. The van der Waals surface area contributed by atoms with E-state index in [4.69, 9.17) is 20.1 Å². The minimum atomic E-state index is -1.24. The Morgan fingerprint density at radius 2 is 2.17 bits per heavy atom. The summed E-state index contributed by atoms with van der Waals surface area (Å²) in [6, 6.07) is 0. The van der Waals surface area contributed by atoms with Crippen LogP contribution in [0, 0.1) is 0 Å². The second-order valence-electron chi connectivity index (χ2n) is 2.64. The Balaban J connectivity index is 2.81. The van der Waals surface area contributed by atoms with E-state index in [1.54, 1.807) is 0 Å². The minimum absolute atomic E-state index is 0.319. The second-order valence-corrected chi connectivity index (χ2v) is 2.64. The average Bonchev–Trinajstić information content (AvgIpc) is 1.99. The summed E-state index contributed by atoms with van der Waals surface area (Å²) >= 11 is 0. The molecule has 0 bridgehead atoms. The van der Waals surface area contributed by atoms with E-state index in [2.05, 4.69) is 0 Å². The van der Waals surface area contributed by atoms with Crippen molar-refractivity contribution in [2.45, 2.75) is 25.2 Å². The van der Waals surface area contributed by atoms with Crippen molar-refractivity contribution in [3.8, 4) is 0 Å². The summed E-state index contributed by atoms with van der Waals surface area (Å²) in [5, 5.41) is 26.7. The van der Waals surface area contributed by atoms with Crippen LogP contribution in [0.2, 0.25) is 0 Å². The lowest BCUT2D eigenvalue weighted by molar-refractivity contribution is -0.142. The van der Waals surface area contributed by atoms with E-state index in [1.807, 2.05) is 0 Å². The van der Waals surface area contributed by atoms with Crippen molar-refractivity contribution >= 4 is 5.97 Å². The van der Waals surface area contributed by atoms with Crippen molar-refractivity contribution in [3.05, 3.63) is 11.8 Å². The molecular weight excluding hydrogens is 164 g/mol. The molecule has 1 aliphatic rings. The van der Waals surface area contributed by atoms with Gasteiger partial charge >= 0.3 is 5.97 Å². The first-order valence-corrected chi connectivity index (χ1v) is 3.50. The first kappa shape index (κ1) is 9.02. The van der Waals surface area contributed by atoms with Gasteiger partial charge in [0, 0.05) is 0 Å². The normalized spacial score (nSPS) is 35.2. The first-order chi connectivity index (χ1) is 5.52. The Morgan fingerprint density at radius 1 is 1.58 bits per heavy atom. The molecule has 1 aliphatic heterocycles. The lowest BCUT2D eigenvalue weighted by atomic mass is 10.1. The van der Waals surface area contributed by atoms with Gasteiger partial charge in [-0.1, -0.05) is 0 Å². The molecule has 5 nitrogen and oxygen atoms in total. The number of rotatable bonds is 1. The zero-order valence-electron chi connectivity index (χ0n) is 6.47. The van der Waals surface area contributed by atoms with Crippen LogP contribution in [0.3, 0.4) is 0 Å². The molecule has 12 heavy (non-hydrogen) atoms. The summed E-state index contributed by atoms with van der Waals surface area (Å²) in [5.41, 5.74) is 0.